The van der Waals surface area contributed by atoms with Crippen molar-refractivity contribution in [2.75, 3.05) is 27.2 Å². The molecule has 0 aromatic carbocycles. The third kappa shape index (κ3) is 4.34. The van der Waals surface area contributed by atoms with Crippen LogP contribution in [0.2, 0.25) is 0 Å². The van der Waals surface area contributed by atoms with Crippen molar-refractivity contribution in [3.8, 4) is 0 Å². The number of nitrogens with zero attached hydrogens (tertiary/aromatic N) is 1. The Bertz CT molecular complexity index is 417. The minimum atomic E-state index is -0.900. The first-order chi connectivity index (χ1) is 8.52. The van der Waals surface area contributed by atoms with E-state index in [4.69, 9.17) is 5.11 Å². The topological polar surface area (TPSA) is 81.7 Å². The summed E-state index contributed by atoms with van der Waals surface area (Å²) in [5, 5.41) is 16.5. The Hall–Kier alpha value is -1.60. The predicted molar refractivity (Wildman–Crippen MR) is 70.1 cm³/mol. The second kappa shape index (κ2) is 6.97. The molecule has 0 saturated heterocycles. The third-order valence-corrected chi connectivity index (χ3v) is 3.19. The highest BCUT2D eigenvalue weighted by Gasteiger charge is 2.10. The molecule has 100 valence electrons. The predicted octanol–water partition coefficient (Wildman–Crippen LogP) is 0.807. The molecule has 0 aliphatic carbocycles. The molecule has 0 aliphatic heterocycles. The van der Waals surface area contributed by atoms with Gasteiger partial charge >= 0.3 is 12.0 Å². The van der Waals surface area contributed by atoms with Gasteiger partial charge < -0.3 is 20.6 Å². The summed E-state index contributed by atoms with van der Waals surface area (Å²) in [6.07, 6.45) is 0. The lowest BCUT2D eigenvalue weighted by molar-refractivity contribution is 0.0701. The van der Waals surface area contributed by atoms with Crippen LogP contribution in [0, 0.1) is 0 Å². The summed E-state index contributed by atoms with van der Waals surface area (Å²) < 4.78 is 0. The van der Waals surface area contributed by atoms with Crippen molar-refractivity contribution >= 4 is 23.3 Å². The van der Waals surface area contributed by atoms with Gasteiger partial charge in [0.1, 0.15) is 4.88 Å². The molecule has 0 spiro atoms. The van der Waals surface area contributed by atoms with Crippen molar-refractivity contribution in [2.24, 2.45) is 0 Å². The van der Waals surface area contributed by atoms with Gasteiger partial charge in [0.25, 0.3) is 0 Å². The number of carbonyl (C=O) groups is 2. The lowest BCUT2D eigenvalue weighted by atomic mass is 10.2. The van der Waals surface area contributed by atoms with E-state index in [2.05, 4.69) is 10.6 Å². The maximum absolute atomic E-state index is 11.2. The molecule has 0 saturated carbocycles. The number of rotatable bonds is 6. The number of hydrogen-bond donors (Lipinski definition) is 3. The number of carbonyl (C=O) groups excluding carboxylic acids is 1. The van der Waals surface area contributed by atoms with Gasteiger partial charge in [-0.15, -0.1) is 11.3 Å². The van der Waals surface area contributed by atoms with Crippen molar-refractivity contribution in [3.05, 3.63) is 21.9 Å². The number of hydrogen-bond acceptors (Lipinski definition) is 4. The lowest BCUT2D eigenvalue weighted by Gasteiger charge is -2.12. The van der Waals surface area contributed by atoms with E-state index in [0.29, 0.717) is 24.5 Å². The van der Waals surface area contributed by atoms with E-state index in [-0.39, 0.29) is 6.03 Å². The summed E-state index contributed by atoms with van der Waals surface area (Å²) in [5.41, 5.74) is 0.770. The van der Waals surface area contributed by atoms with Crippen LogP contribution in [0.15, 0.2) is 11.4 Å². The SMILES string of the molecule is CN(C)C(=O)NCCNCc1ccsc1C(=O)O. The average Bonchev–Trinajstić information content (AvgIpc) is 2.76. The van der Waals surface area contributed by atoms with E-state index in [0.717, 1.165) is 5.56 Å². The summed E-state index contributed by atoms with van der Waals surface area (Å²) in [6, 6.07) is 1.65. The van der Waals surface area contributed by atoms with Gasteiger partial charge in [-0.2, -0.15) is 0 Å². The standard InChI is InChI=1S/C11H17N3O3S/c1-14(2)11(17)13-5-4-12-7-8-3-6-18-9(8)10(15)16/h3,6,12H,4-5,7H2,1-2H3,(H,13,17)(H,15,16). The maximum atomic E-state index is 11.2. The first kappa shape index (κ1) is 14.5. The Labute approximate surface area is 110 Å². The molecule has 0 unspecified atom stereocenters. The number of amides is 2. The van der Waals surface area contributed by atoms with Gasteiger partial charge in [-0.05, 0) is 17.0 Å². The molecule has 3 N–H and O–H groups in total. The highest BCUT2D eigenvalue weighted by Crippen LogP contribution is 2.16. The zero-order valence-corrected chi connectivity index (χ0v) is 11.2. The van der Waals surface area contributed by atoms with Crippen molar-refractivity contribution in [1.82, 2.24) is 15.5 Å². The molecule has 1 rings (SSSR count). The van der Waals surface area contributed by atoms with Gasteiger partial charge in [0.05, 0.1) is 0 Å². The summed E-state index contributed by atoms with van der Waals surface area (Å²) in [7, 11) is 3.35. The van der Waals surface area contributed by atoms with Crippen molar-refractivity contribution in [2.45, 2.75) is 6.54 Å². The molecule has 0 bridgehead atoms. The zero-order chi connectivity index (χ0) is 13.5. The Morgan fingerprint density at radius 2 is 2.11 bits per heavy atom. The van der Waals surface area contributed by atoms with Crippen LogP contribution >= 0.6 is 11.3 Å². The number of thiophene rings is 1. The van der Waals surface area contributed by atoms with Gasteiger partial charge in [0.15, 0.2) is 0 Å². The fourth-order valence-corrected chi connectivity index (χ4v) is 2.06. The van der Waals surface area contributed by atoms with Gasteiger partial charge in [-0.3, -0.25) is 0 Å². The molecule has 0 aliphatic rings. The molecule has 6 nitrogen and oxygen atoms in total. The van der Waals surface area contributed by atoms with Crippen LogP contribution < -0.4 is 10.6 Å². The van der Waals surface area contributed by atoms with E-state index < -0.39 is 5.97 Å². The van der Waals surface area contributed by atoms with Crippen LogP contribution in [-0.2, 0) is 6.54 Å². The monoisotopic (exact) mass is 271 g/mol. The molecule has 7 heteroatoms. The number of carboxylic acids is 1. The summed E-state index contributed by atoms with van der Waals surface area (Å²) >= 11 is 1.21. The number of urea groups is 1. The second-order valence-corrected chi connectivity index (χ2v) is 4.80. The third-order valence-electron chi connectivity index (χ3n) is 2.24. The highest BCUT2D eigenvalue weighted by molar-refractivity contribution is 7.12. The summed E-state index contributed by atoms with van der Waals surface area (Å²) in [5.74, 6) is -0.900. The summed E-state index contributed by atoms with van der Waals surface area (Å²) in [6.45, 7) is 1.58. The summed E-state index contributed by atoms with van der Waals surface area (Å²) in [4.78, 5) is 23.9. The number of aromatic carboxylic acids is 1. The minimum Gasteiger partial charge on any atom is -0.477 e. The molecule has 2 amide bonds. The average molecular weight is 271 g/mol. The minimum absolute atomic E-state index is 0.140. The Balaban J connectivity index is 2.24. The van der Waals surface area contributed by atoms with E-state index in [1.807, 2.05) is 0 Å². The first-order valence-corrected chi connectivity index (χ1v) is 6.36. The van der Waals surface area contributed by atoms with Crippen LogP contribution in [0.5, 0.6) is 0 Å². The Kier molecular flexibility index (Phi) is 5.60. The molecule has 1 aromatic rings. The smallest absolute Gasteiger partial charge is 0.346 e. The van der Waals surface area contributed by atoms with Gasteiger partial charge in [-0.1, -0.05) is 0 Å². The zero-order valence-electron chi connectivity index (χ0n) is 10.4. The molecule has 18 heavy (non-hydrogen) atoms. The molecular weight excluding hydrogens is 254 g/mol. The lowest BCUT2D eigenvalue weighted by Crippen LogP contribution is -2.38. The quantitative estimate of drug-likeness (QED) is 0.669. The highest BCUT2D eigenvalue weighted by atomic mass is 32.1. The van der Waals surface area contributed by atoms with E-state index in [9.17, 15) is 9.59 Å². The van der Waals surface area contributed by atoms with Crippen LogP contribution in [0.1, 0.15) is 15.2 Å². The van der Waals surface area contributed by atoms with Crippen LogP contribution in [-0.4, -0.2) is 49.2 Å². The van der Waals surface area contributed by atoms with Crippen molar-refractivity contribution in [1.29, 1.82) is 0 Å². The molecule has 0 radical (unpaired) electrons. The van der Waals surface area contributed by atoms with Gasteiger partial charge in [0.2, 0.25) is 0 Å². The van der Waals surface area contributed by atoms with Crippen molar-refractivity contribution in [3.63, 3.8) is 0 Å². The van der Waals surface area contributed by atoms with Gasteiger partial charge in [0, 0.05) is 33.7 Å². The maximum Gasteiger partial charge on any atom is 0.346 e. The Morgan fingerprint density at radius 3 is 2.72 bits per heavy atom. The molecule has 1 heterocycles. The molecule has 0 fully saturated rings. The van der Waals surface area contributed by atoms with Crippen molar-refractivity contribution < 1.29 is 14.7 Å². The largest absolute Gasteiger partial charge is 0.477 e. The molecule has 1 aromatic heterocycles. The molecular formula is C11H17N3O3S. The van der Waals surface area contributed by atoms with E-state index in [1.165, 1.54) is 16.2 Å². The van der Waals surface area contributed by atoms with E-state index >= 15 is 0 Å². The first-order valence-electron chi connectivity index (χ1n) is 5.48. The molecule has 0 atom stereocenters. The second-order valence-electron chi connectivity index (χ2n) is 3.88. The fourth-order valence-electron chi connectivity index (χ4n) is 1.30. The van der Waals surface area contributed by atoms with Crippen LogP contribution in [0.4, 0.5) is 4.79 Å². The normalized spacial score (nSPS) is 10.1. The number of nitrogens with one attached hydrogen (secondary N) is 2. The number of carboxylic acid groups (broad SMARTS) is 1. The van der Waals surface area contributed by atoms with Gasteiger partial charge in [-0.25, -0.2) is 9.59 Å². The van der Waals surface area contributed by atoms with Crippen LogP contribution in [0.25, 0.3) is 0 Å². The van der Waals surface area contributed by atoms with Crippen LogP contribution in [0.3, 0.4) is 0 Å². The fraction of sp³-hybridized carbons (Fsp3) is 0.455. The van der Waals surface area contributed by atoms with E-state index in [1.54, 1.807) is 25.5 Å². The Morgan fingerprint density at radius 1 is 1.39 bits per heavy atom.